The Bertz CT molecular complexity index is 617. The number of hydrogen-bond acceptors (Lipinski definition) is 4. The minimum atomic E-state index is -0.194. The Morgan fingerprint density at radius 3 is 2.68 bits per heavy atom. The third kappa shape index (κ3) is 2.37. The van der Waals surface area contributed by atoms with E-state index in [0.717, 1.165) is 11.4 Å². The number of benzene rings is 1. The van der Waals surface area contributed by atoms with E-state index >= 15 is 0 Å². The number of para-hydroxylation sites is 2. The van der Waals surface area contributed by atoms with Crippen molar-refractivity contribution in [2.24, 2.45) is 7.05 Å². The molecule has 6 heteroatoms. The fourth-order valence-corrected chi connectivity index (χ4v) is 1.93. The third-order valence-corrected chi connectivity index (χ3v) is 2.88. The number of hydrogen-bond donors (Lipinski definition) is 3. The molecule has 6 nitrogen and oxygen atoms in total. The number of nitrogens with one attached hydrogen (secondary N) is 2. The standard InChI is InChI=1S/C13H17N5O/c1-8-11(12(13(19)15-2)18(3)17-8)16-10-7-5-4-6-9(10)14/h4-7,16H,14H2,1-3H3,(H,15,19). The SMILES string of the molecule is CNC(=O)c1c(Nc2ccccc2N)c(C)nn1C. The van der Waals surface area contributed by atoms with E-state index < -0.39 is 0 Å². The van der Waals surface area contributed by atoms with Gasteiger partial charge in [0.2, 0.25) is 0 Å². The molecule has 0 bridgehead atoms. The molecule has 2 rings (SSSR count). The highest BCUT2D eigenvalue weighted by atomic mass is 16.1. The van der Waals surface area contributed by atoms with Crippen LogP contribution >= 0.6 is 0 Å². The normalized spacial score (nSPS) is 10.3. The molecule has 1 amide bonds. The molecule has 1 heterocycles. The summed E-state index contributed by atoms with van der Waals surface area (Å²) in [5, 5.41) is 10.0. The molecule has 1 aromatic carbocycles. The summed E-state index contributed by atoms with van der Waals surface area (Å²) in [6.07, 6.45) is 0. The molecule has 100 valence electrons. The Balaban J connectivity index is 2.46. The maximum Gasteiger partial charge on any atom is 0.271 e. The number of carbonyl (C=O) groups excluding carboxylic acids is 1. The van der Waals surface area contributed by atoms with E-state index in [-0.39, 0.29) is 5.91 Å². The third-order valence-electron chi connectivity index (χ3n) is 2.88. The van der Waals surface area contributed by atoms with Crippen LogP contribution in [-0.4, -0.2) is 22.7 Å². The maximum atomic E-state index is 11.9. The minimum absolute atomic E-state index is 0.194. The van der Waals surface area contributed by atoms with Crippen molar-refractivity contribution in [2.45, 2.75) is 6.92 Å². The summed E-state index contributed by atoms with van der Waals surface area (Å²) in [7, 11) is 3.32. The van der Waals surface area contributed by atoms with Crippen molar-refractivity contribution in [2.75, 3.05) is 18.1 Å². The van der Waals surface area contributed by atoms with Crippen molar-refractivity contribution < 1.29 is 4.79 Å². The second kappa shape index (κ2) is 5.01. The zero-order chi connectivity index (χ0) is 14.0. The Kier molecular flexibility index (Phi) is 3.41. The van der Waals surface area contributed by atoms with Gasteiger partial charge in [0.1, 0.15) is 5.69 Å². The molecule has 4 N–H and O–H groups in total. The van der Waals surface area contributed by atoms with Crippen LogP contribution in [0.3, 0.4) is 0 Å². The summed E-state index contributed by atoms with van der Waals surface area (Å²) >= 11 is 0. The van der Waals surface area contributed by atoms with Crippen molar-refractivity contribution >= 4 is 23.0 Å². The zero-order valence-electron chi connectivity index (χ0n) is 11.2. The van der Waals surface area contributed by atoms with E-state index in [1.54, 1.807) is 24.8 Å². The highest BCUT2D eigenvalue weighted by Gasteiger charge is 2.19. The summed E-state index contributed by atoms with van der Waals surface area (Å²) in [5.41, 5.74) is 9.15. The Hall–Kier alpha value is -2.50. The second-order valence-corrected chi connectivity index (χ2v) is 4.22. The van der Waals surface area contributed by atoms with Crippen LogP contribution in [0.25, 0.3) is 0 Å². The van der Waals surface area contributed by atoms with Gasteiger partial charge in [-0.25, -0.2) is 0 Å². The molecule has 1 aromatic heterocycles. The highest BCUT2D eigenvalue weighted by Crippen LogP contribution is 2.27. The average Bonchev–Trinajstić information content (AvgIpc) is 2.66. The quantitative estimate of drug-likeness (QED) is 0.728. The van der Waals surface area contributed by atoms with Crippen molar-refractivity contribution in [1.82, 2.24) is 15.1 Å². The van der Waals surface area contributed by atoms with Crippen molar-refractivity contribution in [3.05, 3.63) is 35.7 Å². The fraction of sp³-hybridized carbons (Fsp3) is 0.231. The fourth-order valence-electron chi connectivity index (χ4n) is 1.93. The van der Waals surface area contributed by atoms with E-state index in [0.29, 0.717) is 17.1 Å². The second-order valence-electron chi connectivity index (χ2n) is 4.22. The van der Waals surface area contributed by atoms with E-state index in [9.17, 15) is 4.79 Å². The Labute approximate surface area is 111 Å². The number of nitrogen functional groups attached to an aromatic ring is 1. The molecular weight excluding hydrogens is 242 g/mol. The van der Waals surface area contributed by atoms with E-state index in [2.05, 4.69) is 15.7 Å². The number of anilines is 3. The predicted octanol–water partition coefficient (Wildman–Crippen LogP) is 1.41. The van der Waals surface area contributed by atoms with Gasteiger partial charge in [-0.1, -0.05) is 12.1 Å². The molecule has 0 unspecified atom stereocenters. The van der Waals surface area contributed by atoms with Crippen molar-refractivity contribution in [3.8, 4) is 0 Å². The lowest BCUT2D eigenvalue weighted by atomic mass is 10.2. The molecule has 2 aromatic rings. The first kappa shape index (κ1) is 12.9. The molecule has 0 atom stereocenters. The van der Waals surface area contributed by atoms with Gasteiger partial charge in [-0.05, 0) is 19.1 Å². The Morgan fingerprint density at radius 1 is 1.37 bits per heavy atom. The van der Waals surface area contributed by atoms with Crippen LogP contribution in [0, 0.1) is 6.92 Å². The monoisotopic (exact) mass is 259 g/mol. The molecule has 0 spiro atoms. The van der Waals surface area contributed by atoms with E-state index in [1.807, 2.05) is 25.1 Å². The summed E-state index contributed by atoms with van der Waals surface area (Å²) < 4.78 is 1.55. The lowest BCUT2D eigenvalue weighted by Crippen LogP contribution is -2.22. The van der Waals surface area contributed by atoms with Gasteiger partial charge in [0.05, 0.1) is 22.8 Å². The van der Waals surface area contributed by atoms with Crippen LogP contribution in [0.5, 0.6) is 0 Å². The number of nitrogens with zero attached hydrogens (tertiary/aromatic N) is 2. The van der Waals surface area contributed by atoms with Gasteiger partial charge in [-0.2, -0.15) is 5.10 Å². The molecule has 0 fully saturated rings. The lowest BCUT2D eigenvalue weighted by molar-refractivity contribution is 0.0954. The van der Waals surface area contributed by atoms with E-state index in [1.165, 1.54) is 0 Å². The molecular formula is C13H17N5O. The van der Waals surface area contributed by atoms with Gasteiger partial charge in [0.25, 0.3) is 5.91 Å². The molecule has 19 heavy (non-hydrogen) atoms. The van der Waals surface area contributed by atoms with Crippen molar-refractivity contribution in [1.29, 1.82) is 0 Å². The molecule has 0 aliphatic rings. The number of carbonyl (C=O) groups is 1. The van der Waals surface area contributed by atoms with Crippen LogP contribution in [0.4, 0.5) is 17.1 Å². The lowest BCUT2D eigenvalue weighted by Gasteiger charge is -2.10. The topological polar surface area (TPSA) is 85.0 Å². The number of rotatable bonds is 3. The van der Waals surface area contributed by atoms with Gasteiger partial charge in [0, 0.05) is 14.1 Å². The number of aryl methyl sites for hydroxylation is 2. The summed E-state index contributed by atoms with van der Waals surface area (Å²) in [6, 6.07) is 7.39. The van der Waals surface area contributed by atoms with Gasteiger partial charge in [-0.15, -0.1) is 0 Å². The first-order valence-electron chi connectivity index (χ1n) is 5.91. The predicted molar refractivity (Wildman–Crippen MR) is 75.5 cm³/mol. The van der Waals surface area contributed by atoms with Crippen molar-refractivity contribution in [3.63, 3.8) is 0 Å². The smallest absolute Gasteiger partial charge is 0.271 e. The van der Waals surface area contributed by atoms with Crippen LogP contribution in [-0.2, 0) is 7.05 Å². The van der Waals surface area contributed by atoms with E-state index in [4.69, 9.17) is 5.73 Å². The average molecular weight is 259 g/mol. The molecule has 0 saturated carbocycles. The first-order chi connectivity index (χ1) is 9.04. The van der Waals surface area contributed by atoms with Crippen LogP contribution < -0.4 is 16.4 Å². The summed E-state index contributed by atoms with van der Waals surface area (Å²) in [6.45, 7) is 1.84. The van der Waals surface area contributed by atoms with Crippen LogP contribution in [0.15, 0.2) is 24.3 Å². The van der Waals surface area contributed by atoms with Crippen LogP contribution in [0.2, 0.25) is 0 Å². The highest BCUT2D eigenvalue weighted by molar-refractivity contribution is 5.99. The first-order valence-corrected chi connectivity index (χ1v) is 5.91. The number of amides is 1. The van der Waals surface area contributed by atoms with Gasteiger partial charge >= 0.3 is 0 Å². The summed E-state index contributed by atoms with van der Waals surface area (Å²) in [5.74, 6) is -0.194. The summed E-state index contributed by atoms with van der Waals surface area (Å²) in [4.78, 5) is 11.9. The minimum Gasteiger partial charge on any atom is -0.397 e. The number of nitrogens with two attached hydrogens (primary N) is 1. The van der Waals surface area contributed by atoms with Crippen LogP contribution in [0.1, 0.15) is 16.2 Å². The maximum absolute atomic E-state index is 11.9. The van der Waals surface area contributed by atoms with Gasteiger partial charge in [-0.3, -0.25) is 9.48 Å². The van der Waals surface area contributed by atoms with Gasteiger partial charge in [0.15, 0.2) is 0 Å². The molecule has 0 radical (unpaired) electrons. The zero-order valence-corrected chi connectivity index (χ0v) is 11.2. The molecule has 0 aliphatic heterocycles. The molecule has 0 aliphatic carbocycles. The number of aromatic nitrogens is 2. The molecule has 0 saturated heterocycles. The largest absolute Gasteiger partial charge is 0.397 e. The van der Waals surface area contributed by atoms with Gasteiger partial charge < -0.3 is 16.4 Å². The Morgan fingerprint density at radius 2 is 2.05 bits per heavy atom.